The normalized spacial score (nSPS) is 11.2. The van der Waals surface area contributed by atoms with Crippen LogP contribution in [-0.2, 0) is 11.3 Å². The average molecular weight is 333 g/mol. The lowest BCUT2D eigenvalue weighted by atomic mass is 9.68. The van der Waals surface area contributed by atoms with E-state index in [0.717, 1.165) is 11.1 Å². The second-order valence-corrected chi connectivity index (χ2v) is 6.53. The molecule has 0 aliphatic heterocycles. The van der Waals surface area contributed by atoms with Gasteiger partial charge in [-0.1, -0.05) is 55.1 Å². The van der Waals surface area contributed by atoms with Crippen molar-refractivity contribution in [2.24, 2.45) is 0 Å². The van der Waals surface area contributed by atoms with Crippen LogP contribution >= 0.6 is 0 Å². The highest BCUT2D eigenvalue weighted by atomic mass is 16.5. The fourth-order valence-corrected chi connectivity index (χ4v) is 3.16. The van der Waals surface area contributed by atoms with Crippen molar-refractivity contribution in [3.8, 4) is 0 Å². The standard InChI is InChI=1S/C19H15B4NO2/c1-9(2)11-12-14(20)16(22)15(21)13(17(12)24-18(11)23)19(25)26-8-10-6-4-3-5-7-10/h3-7,9,24H,8H2,1-2H3. The molecule has 0 spiro atoms. The molecule has 0 fully saturated rings. The summed E-state index contributed by atoms with van der Waals surface area (Å²) in [7, 11) is 24.4. The Hall–Kier alpha value is -2.29. The van der Waals surface area contributed by atoms with E-state index >= 15 is 0 Å². The number of aromatic amines is 1. The van der Waals surface area contributed by atoms with Crippen LogP contribution in [0.2, 0.25) is 0 Å². The van der Waals surface area contributed by atoms with Gasteiger partial charge < -0.3 is 9.72 Å². The zero-order chi connectivity index (χ0) is 19.0. The Morgan fingerprint density at radius 2 is 1.69 bits per heavy atom. The number of benzene rings is 2. The van der Waals surface area contributed by atoms with Gasteiger partial charge in [-0.05, 0) is 28.0 Å². The van der Waals surface area contributed by atoms with Crippen molar-refractivity contribution in [2.45, 2.75) is 26.4 Å². The summed E-state index contributed by atoms with van der Waals surface area (Å²) in [6.07, 6.45) is 0. The fourth-order valence-electron chi connectivity index (χ4n) is 3.16. The van der Waals surface area contributed by atoms with Crippen molar-refractivity contribution in [1.82, 2.24) is 4.98 Å². The molecule has 3 aromatic rings. The third kappa shape index (κ3) is 3.11. The first-order chi connectivity index (χ1) is 12.3. The van der Waals surface area contributed by atoms with Gasteiger partial charge in [0, 0.05) is 0 Å². The molecule has 0 atom stereocenters. The summed E-state index contributed by atoms with van der Waals surface area (Å²) in [4.78, 5) is 15.8. The summed E-state index contributed by atoms with van der Waals surface area (Å²) in [5.41, 5.74) is 3.27. The van der Waals surface area contributed by atoms with Crippen LogP contribution in [0.4, 0.5) is 0 Å². The van der Waals surface area contributed by atoms with Gasteiger partial charge in [-0.25, -0.2) is 4.79 Å². The van der Waals surface area contributed by atoms with E-state index < -0.39 is 5.97 Å². The predicted molar refractivity (Wildman–Crippen MR) is 110 cm³/mol. The molecular formula is C19H15B4NO2. The molecule has 8 radical (unpaired) electrons. The Morgan fingerprint density at radius 1 is 1.04 bits per heavy atom. The van der Waals surface area contributed by atoms with Gasteiger partial charge in [0.2, 0.25) is 0 Å². The van der Waals surface area contributed by atoms with Gasteiger partial charge in [-0.2, -0.15) is 0 Å². The Kier molecular flexibility index (Phi) is 5.08. The average Bonchev–Trinajstić information content (AvgIpc) is 2.96. The number of fused-ring (bicyclic) bond motifs is 1. The van der Waals surface area contributed by atoms with Gasteiger partial charge in [0.1, 0.15) is 38.0 Å². The first-order valence-corrected chi connectivity index (χ1v) is 8.31. The van der Waals surface area contributed by atoms with E-state index in [0.29, 0.717) is 22.0 Å². The van der Waals surface area contributed by atoms with Crippen LogP contribution in [-0.4, -0.2) is 42.3 Å². The maximum absolute atomic E-state index is 12.7. The molecule has 7 heteroatoms. The lowest BCUT2D eigenvalue weighted by molar-refractivity contribution is 0.0476. The number of rotatable bonds is 4. The Morgan fingerprint density at radius 3 is 2.31 bits per heavy atom. The molecule has 0 aliphatic rings. The summed E-state index contributed by atoms with van der Waals surface area (Å²) in [5, 5.41) is 0.621. The minimum atomic E-state index is -0.584. The van der Waals surface area contributed by atoms with Gasteiger partial charge in [-0.15, -0.1) is 5.46 Å². The van der Waals surface area contributed by atoms with E-state index in [1.54, 1.807) is 0 Å². The van der Waals surface area contributed by atoms with Crippen molar-refractivity contribution >= 4 is 70.2 Å². The molecule has 1 heterocycles. The molecular weight excluding hydrogens is 317 g/mol. The SMILES string of the molecule is [B]c1[nH]c2c(C(=O)OCc3ccccc3)c([B])c([B])c([B])c2c1C(C)C. The second-order valence-electron chi connectivity index (χ2n) is 6.53. The molecule has 26 heavy (non-hydrogen) atoms. The molecule has 120 valence electrons. The van der Waals surface area contributed by atoms with E-state index in [4.69, 9.17) is 36.1 Å². The zero-order valence-electron chi connectivity index (χ0n) is 14.8. The predicted octanol–water partition coefficient (Wildman–Crippen LogP) is -0.176. The summed E-state index contributed by atoms with van der Waals surface area (Å²) in [6.45, 7) is 4.09. The van der Waals surface area contributed by atoms with Crippen LogP contribution < -0.4 is 22.0 Å². The number of ether oxygens (including phenoxy) is 1. The van der Waals surface area contributed by atoms with Crippen molar-refractivity contribution in [1.29, 1.82) is 0 Å². The van der Waals surface area contributed by atoms with E-state index in [2.05, 4.69) is 4.98 Å². The first-order valence-electron chi connectivity index (χ1n) is 8.31. The lowest BCUT2D eigenvalue weighted by Gasteiger charge is -2.17. The highest BCUT2D eigenvalue weighted by molar-refractivity contribution is 6.62. The molecule has 1 N–H and O–H groups in total. The van der Waals surface area contributed by atoms with E-state index in [9.17, 15) is 4.79 Å². The third-order valence-electron chi connectivity index (χ3n) is 4.43. The molecule has 3 rings (SSSR count). The van der Waals surface area contributed by atoms with Gasteiger partial charge in [0.05, 0.1) is 11.1 Å². The summed E-state index contributed by atoms with van der Waals surface area (Å²) < 4.78 is 5.43. The fraction of sp³-hybridized carbons (Fsp3) is 0.211. The maximum atomic E-state index is 12.7. The first kappa shape index (κ1) is 18.5. The number of esters is 1. The summed E-state index contributed by atoms with van der Waals surface area (Å²) in [6, 6.07) is 9.37. The highest BCUT2D eigenvalue weighted by Crippen LogP contribution is 2.23. The smallest absolute Gasteiger partial charge is 0.339 e. The molecule has 0 bridgehead atoms. The Balaban J connectivity index is 2.10. The van der Waals surface area contributed by atoms with Crippen LogP contribution in [0.25, 0.3) is 10.9 Å². The van der Waals surface area contributed by atoms with Crippen molar-refractivity contribution in [2.75, 3.05) is 0 Å². The summed E-state index contributed by atoms with van der Waals surface area (Å²) >= 11 is 0. The third-order valence-corrected chi connectivity index (χ3v) is 4.43. The zero-order valence-corrected chi connectivity index (χ0v) is 14.8. The molecule has 0 saturated carbocycles. The van der Waals surface area contributed by atoms with Crippen molar-refractivity contribution in [3.05, 3.63) is 47.0 Å². The van der Waals surface area contributed by atoms with E-state index in [-0.39, 0.29) is 29.0 Å². The van der Waals surface area contributed by atoms with Crippen LogP contribution in [0.1, 0.15) is 41.3 Å². The van der Waals surface area contributed by atoms with E-state index in [1.165, 1.54) is 0 Å². The molecule has 3 nitrogen and oxygen atoms in total. The van der Waals surface area contributed by atoms with E-state index in [1.807, 2.05) is 44.2 Å². The Labute approximate surface area is 158 Å². The van der Waals surface area contributed by atoms with Crippen molar-refractivity contribution < 1.29 is 9.53 Å². The van der Waals surface area contributed by atoms with Gasteiger partial charge in [-0.3, -0.25) is 0 Å². The Bertz CT molecular complexity index is 981. The summed E-state index contributed by atoms with van der Waals surface area (Å²) in [5.74, 6) is -0.498. The molecule has 1 aromatic heterocycles. The highest BCUT2D eigenvalue weighted by Gasteiger charge is 2.23. The molecule has 0 saturated heterocycles. The second kappa shape index (κ2) is 7.14. The number of aromatic nitrogens is 1. The monoisotopic (exact) mass is 333 g/mol. The van der Waals surface area contributed by atoms with Crippen LogP contribution in [0.5, 0.6) is 0 Å². The minimum Gasteiger partial charge on any atom is -0.457 e. The largest absolute Gasteiger partial charge is 0.457 e. The number of H-pyrrole nitrogens is 1. The number of hydrogen-bond acceptors (Lipinski definition) is 2. The lowest BCUT2D eigenvalue weighted by Crippen LogP contribution is -2.43. The van der Waals surface area contributed by atoms with Gasteiger partial charge in [0.25, 0.3) is 0 Å². The quantitative estimate of drug-likeness (QED) is 0.532. The molecule has 2 aromatic carbocycles. The number of carbonyl (C=O) groups excluding carboxylic acids is 1. The molecule has 0 unspecified atom stereocenters. The van der Waals surface area contributed by atoms with Gasteiger partial charge >= 0.3 is 5.97 Å². The number of nitrogens with one attached hydrogen (secondary N) is 1. The maximum Gasteiger partial charge on any atom is 0.339 e. The van der Waals surface area contributed by atoms with Crippen LogP contribution in [0.3, 0.4) is 0 Å². The van der Waals surface area contributed by atoms with Crippen LogP contribution in [0, 0.1) is 0 Å². The number of carbonyl (C=O) groups is 1. The molecule has 0 aliphatic carbocycles. The minimum absolute atomic E-state index is 0.0854. The van der Waals surface area contributed by atoms with Gasteiger partial charge in [0.15, 0.2) is 0 Å². The molecule has 0 amide bonds. The van der Waals surface area contributed by atoms with Crippen LogP contribution in [0.15, 0.2) is 30.3 Å². The topological polar surface area (TPSA) is 42.1 Å². The van der Waals surface area contributed by atoms with Crippen molar-refractivity contribution in [3.63, 3.8) is 0 Å². The number of hydrogen-bond donors (Lipinski definition) is 1.